The van der Waals surface area contributed by atoms with Crippen LogP contribution in [-0.2, 0) is 16.0 Å². The fourth-order valence-corrected chi connectivity index (χ4v) is 2.61. The second-order valence-electron chi connectivity index (χ2n) is 5.60. The summed E-state index contributed by atoms with van der Waals surface area (Å²) in [5.74, 6) is 3.36. The van der Waals surface area contributed by atoms with Gasteiger partial charge in [-0.05, 0) is 37.1 Å². The van der Waals surface area contributed by atoms with E-state index >= 15 is 0 Å². The molecule has 0 aliphatic heterocycles. The number of aliphatic carboxylic acids is 1. The first kappa shape index (κ1) is 22.1. The predicted octanol–water partition coefficient (Wildman–Crippen LogP) is 0.200. The quantitative estimate of drug-likeness (QED) is 0.101. The summed E-state index contributed by atoms with van der Waals surface area (Å²) in [5.41, 5.74) is 5.76. The van der Waals surface area contributed by atoms with Gasteiger partial charge in [0.15, 0.2) is 11.5 Å². The Balaban J connectivity index is 2.77. The van der Waals surface area contributed by atoms with Gasteiger partial charge in [0.25, 0.3) is 0 Å². The number of rotatable bonds is 11. The summed E-state index contributed by atoms with van der Waals surface area (Å²) in [6, 6.07) is 2.60. The van der Waals surface area contributed by atoms with Crippen LogP contribution in [0.15, 0.2) is 18.2 Å². The van der Waals surface area contributed by atoms with E-state index in [0.29, 0.717) is 23.5 Å². The molecule has 0 fully saturated rings. The summed E-state index contributed by atoms with van der Waals surface area (Å²) in [6.45, 7) is 0.524. The van der Waals surface area contributed by atoms with Crippen LogP contribution in [0.25, 0.3) is 0 Å². The fourth-order valence-electron chi connectivity index (χ4n) is 2.28. The number of hydrazine groups is 1. The van der Waals surface area contributed by atoms with Gasteiger partial charge in [0.1, 0.15) is 6.04 Å². The van der Waals surface area contributed by atoms with E-state index in [4.69, 9.17) is 21.4 Å². The van der Waals surface area contributed by atoms with E-state index in [1.165, 1.54) is 18.2 Å². The summed E-state index contributed by atoms with van der Waals surface area (Å²) in [6.07, 6.45) is 2.07. The molecule has 1 unspecified atom stereocenters. The lowest BCUT2D eigenvalue weighted by molar-refractivity contribution is -0.150. The maximum Gasteiger partial charge on any atom is 0.391 e. The molecule has 10 nitrogen and oxygen atoms in total. The van der Waals surface area contributed by atoms with Gasteiger partial charge in [0, 0.05) is 12.8 Å². The van der Waals surface area contributed by atoms with Gasteiger partial charge in [-0.3, -0.25) is 9.80 Å². The summed E-state index contributed by atoms with van der Waals surface area (Å²) in [5, 5.41) is 19.9. The number of amides is 1. The van der Waals surface area contributed by atoms with Gasteiger partial charge in [-0.2, -0.15) is 0 Å². The van der Waals surface area contributed by atoms with Crippen LogP contribution in [0.5, 0.6) is 11.5 Å². The number of phenolic OH excluding ortho intramolecular Hbond substituents is 1. The number of carboxylic acids is 1. The molecule has 0 aliphatic carbocycles. The van der Waals surface area contributed by atoms with Crippen molar-refractivity contribution in [1.82, 2.24) is 5.01 Å². The fraction of sp³-hybridized carbons (Fsp3) is 0.467. The molecule has 26 heavy (non-hydrogen) atoms. The van der Waals surface area contributed by atoms with Crippen molar-refractivity contribution in [2.75, 3.05) is 6.54 Å². The smallest absolute Gasteiger partial charge is 0.391 e. The lowest BCUT2D eigenvalue weighted by atomic mass is 10.0. The van der Waals surface area contributed by atoms with Gasteiger partial charge >= 0.3 is 14.6 Å². The zero-order valence-electron chi connectivity index (χ0n) is 14.1. The minimum Gasteiger partial charge on any atom is -0.504 e. The van der Waals surface area contributed by atoms with Crippen molar-refractivity contribution in [2.24, 2.45) is 11.6 Å². The Morgan fingerprint density at radius 2 is 1.92 bits per heavy atom. The first-order chi connectivity index (χ1) is 12.3. The number of carbonyl (C=O) groups is 2. The molecule has 1 amide bonds. The molecule has 0 spiro atoms. The van der Waals surface area contributed by atoms with E-state index in [0.717, 1.165) is 12.8 Å². The van der Waals surface area contributed by atoms with Gasteiger partial charge in [-0.25, -0.2) is 10.6 Å². The first-order valence-electron chi connectivity index (χ1n) is 7.93. The van der Waals surface area contributed by atoms with Crippen LogP contribution in [0, 0.1) is 0 Å². The van der Waals surface area contributed by atoms with Crippen LogP contribution >= 0.6 is 8.60 Å². The summed E-state index contributed by atoms with van der Waals surface area (Å²) >= 11 is 0. The highest BCUT2D eigenvalue weighted by Gasteiger charge is 2.27. The Morgan fingerprint density at radius 3 is 2.46 bits per heavy atom. The van der Waals surface area contributed by atoms with Gasteiger partial charge < -0.3 is 30.3 Å². The molecule has 1 aromatic carbocycles. The number of hydrogen-bond acceptors (Lipinski definition) is 8. The van der Waals surface area contributed by atoms with Crippen molar-refractivity contribution in [2.45, 2.75) is 38.1 Å². The highest BCUT2D eigenvalue weighted by molar-refractivity contribution is 7.39. The molecule has 1 rings (SSSR count). The summed E-state index contributed by atoms with van der Waals surface area (Å²) in [7, 11) is -2.69. The highest BCUT2D eigenvalue weighted by atomic mass is 31.2. The summed E-state index contributed by atoms with van der Waals surface area (Å²) < 4.78 is 4.61. The van der Waals surface area contributed by atoms with E-state index in [-0.39, 0.29) is 24.3 Å². The average molecular weight is 389 g/mol. The number of hydrogen-bond donors (Lipinski definition) is 6. The zero-order valence-corrected chi connectivity index (χ0v) is 15.0. The molecule has 146 valence electrons. The normalized spacial score (nSPS) is 12.0. The molecule has 0 heterocycles. The molecule has 1 atom stereocenters. The highest BCUT2D eigenvalue weighted by Crippen LogP contribution is 2.36. The Labute approximate surface area is 151 Å². The minimum absolute atomic E-state index is 0.120. The molecule has 0 bridgehead atoms. The van der Waals surface area contributed by atoms with Crippen molar-refractivity contribution in [1.29, 1.82) is 0 Å². The number of aromatic hydroxyl groups is 1. The van der Waals surface area contributed by atoms with E-state index < -0.39 is 26.5 Å². The molecule has 8 N–H and O–H groups in total. The molecule has 0 saturated carbocycles. The Hall–Kier alpha value is -1.97. The van der Waals surface area contributed by atoms with Crippen LogP contribution in [0.3, 0.4) is 0 Å². The standard InChI is InChI=1S/C15H24N3O7P/c16-7-3-1-2-4-14(20)18(17)11(15(21)22)8-10-5-6-13(12(19)9-10)25-26(23)24/h5-6,9,11,19,23-24H,1-4,7-8,16-17H2,(H,21,22). The Kier molecular flexibility index (Phi) is 9.25. The van der Waals surface area contributed by atoms with E-state index in [2.05, 4.69) is 4.52 Å². The van der Waals surface area contributed by atoms with Crippen molar-refractivity contribution in [3.05, 3.63) is 23.8 Å². The topological polar surface area (TPSA) is 180 Å². The van der Waals surface area contributed by atoms with Crippen LogP contribution in [-0.4, -0.2) is 49.5 Å². The number of carboxylic acid groups (broad SMARTS) is 1. The third-order valence-corrected chi connectivity index (χ3v) is 4.00. The number of unbranched alkanes of at least 4 members (excludes halogenated alkanes) is 2. The third-order valence-electron chi connectivity index (χ3n) is 3.64. The number of nitrogens with two attached hydrogens (primary N) is 2. The molecule has 0 aromatic heterocycles. The average Bonchev–Trinajstić information content (AvgIpc) is 2.57. The number of nitrogens with zero attached hydrogens (tertiary/aromatic N) is 1. The first-order valence-corrected chi connectivity index (χ1v) is 9.10. The second-order valence-corrected chi connectivity index (χ2v) is 6.29. The maximum atomic E-state index is 12.1. The van der Waals surface area contributed by atoms with E-state index in [9.17, 15) is 19.8 Å². The SMILES string of the molecule is NCCCCCC(=O)N(N)C(Cc1ccc(OP(O)O)c(O)c1)C(=O)O. The number of benzene rings is 1. The summed E-state index contributed by atoms with van der Waals surface area (Å²) in [4.78, 5) is 41.1. The molecule has 0 radical (unpaired) electrons. The second kappa shape index (κ2) is 10.9. The largest absolute Gasteiger partial charge is 0.504 e. The number of phenols is 1. The van der Waals surface area contributed by atoms with Crippen molar-refractivity contribution in [3.63, 3.8) is 0 Å². The monoisotopic (exact) mass is 389 g/mol. The minimum atomic E-state index is -2.69. The molecule has 11 heteroatoms. The Morgan fingerprint density at radius 1 is 1.23 bits per heavy atom. The predicted molar refractivity (Wildman–Crippen MR) is 93.8 cm³/mol. The van der Waals surface area contributed by atoms with E-state index in [1.54, 1.807) is 0 Å². The van der Waals surface area contributed by atoms with Gasteiger partial charge in [-0.15, -0.1) is 0 Å². The maximum absolute atomic E-state index is 12.1. The lowest BCUT2D eigenvalue weighted by Gasteiger charge is -2.24. The van der Waals surface area contributed by atoms with Gasteiger partial charge in [-0.1, -0.05) is 12.5 Å². The van der Waals surface area contributed by atoms with Crippen molar-refractivity contribution in [3.8, 4) is 11.5 Å². The molecule has 1 aromatic rings. The number of carbonyl (C=O) groups excluding carboxylic acids is 1. The van der Waals surface area contributed by atoms with Crippen molar-refractivity contribution < 1.29 is 34.1 Å². The lowest BCUT2D eigenvalue weighted by Crippen LogP contribution is -2.50. The zero-order chi connectivity index (χ0) is 19.7. The van der Waals surface area contributed by atoms with Crippen LogP contribution in [0.2, 0.25) is 0 Å². The van der Waals surface area contributed by atoms with Gasteiger partial charge in [0.05, 0.1) is 0 Å². The molecular formula is C15H24N3O7P. The third kappa shape index (κ3) is 7.11. The van der Waals surface area contributed by atoms with Gasteiger partial charge in [0.2, 0.25) is 5.91 Å². The molecule has 0 saturated heterocycles. The van der Waals surface area contributed by atoms with Crippen LogP contribution < -0.4 is 16.1 Å². The van der Waals surface area contributed by atoms with Crippen molar-refractivity contribution >= 4 is 20.5 Å². The van der Waals surface area contributed by atoms with Crippen LogP contribution in [0.4, 0.5) is 0 Å². The van der Waals surface area contributed by atoms with Crippen LogP contribution in [0.1, 0.15) is 31.2 Å². The molecular weight excluding hydrogens is 365 g/mol. The molecule has 0 aliphatic rings. The van der Waals surface area contributed by atoms with E-state index in [1.807, 2.05) is 0 Å². The Bertz CT molecular complexity index is 615.